The van der Waals surface area contributed by atoms with Crippen molar-refractivity contribution in [1.82, 2.24) is 20.0 Å². The van der Waals surface area contributed by atoms with Crippen LogP contribution in [-0.2, 0) is 9.53 Å². The van der Waals surface area contributed by atoms with Gasteiger partial charge in [0.1, 0.15) is 6.33 Å². The number of piperidine rings is 1. The molecule has 0 N–H and O–H groups in total. The van der Waals surface area contributed by atoms with Gasteiger partial charge in [-0.3, -0.25) is 4.79 Å². The third-order valence-corrected chi connectivity index (χ3v) is 5.32. The summed E-state index contributed by atoms with van der Waals surface area (Å²) in [5.74, 6) is 0.736. The van der Waals surface area contributed by atoms with Crippen LogP contribution in [-0.4, -0.2) is 46.1 Å². The van der Waals surface area contributed by atoms with E-state index in [4.69, 9.17) is 9.26 Å². The monoisotopic (exact) mass is 392 g/mol. The van der Waals surface area contributed by atoms with Crippen molar-refractivity contribution in [3.8, 4) is 11.3 Å². The molecule has 1 fully saturated rings. The normalized spacial score (nSPS) is 17.9. The minimum Gasteiger partial charge on any atom is -0.367 e. The number of likely N-dealkylation sites (tertiary alicyclic amines) is 1. The molecule has 4 rings (SSSR count). The number of aryl methyl sites for hydroxylation is 1. The Morgan fingerprint density at radius 2 is 2.14 bits per heavy atom. The molecule has 1 amide bonds. The predicted octanol–water partition coefficient (Wildman–Crippen LogP) is 3.53. The fraction of sp³-hybridized carbons (Fsp3) is 0.364. The van der Waals surface area contributed by atoms with Crippen LogP contribution >= 0.6 is 0 Å². The molecule has 0 aliphatic carbocycles. The molecule has 7 heteroatoms. The average Bonchev–Trinajstić information content (AvgIpc) is 3.21. The van der Waals surface area contributed by atoms with Crippen LogP contribution in [0.5, 0.6) is 0 Å². The lowest BCUT2D eigenvalue weighted by atomic mass is 9.91. The third kappa shape index (κ3) is 4.05. The first-order valence-corrected chi connectivity index (χ1v) is 9.77. The second-order valence-electron chi connectivity index (χ2n) is 7.30. The van der Waals surface area contributed by atoms with Crippen LogP contribution in [0.4, 0.5) is 0 Å². The number of benzene rings is 1. The summed E-state index contributed by atoms with van der Waals surface area (Å²) in [6.07, 6.45) is 4.55. The number of carbonyl (C=O) groups is 1. The molecule has 0 bridgehead atoms. The molecule has 1 aromatic carbocycles. The molecule has 2 aromatic heterocycles. The quantitative estimate of drug-likeness (QED) is 0.661. The Morgan fingerprint density at radius 3 is 2.86 bits per heavy atom. The molecule has 3 heterocycles. The van der Waals surface area contributed by atoms with Gasteiger partial charge in [-0.25, -0.2) is 9.97 Å². The van der Waals surface area contributed by atoms with Crippen LogP contribution in [0.25, 0.3) is 11.3 Å². The molecule has 7 nitrogen and oxygen atoms in total. The molecular weight excluding hydrogens is 368 g/mol. The van der Waals surface area contributed by atoms with E-state index in [1.54, 1.807) is 19.6 Å². The van der Waals surface area contributed by atoms with Crippen molar-refractivity contribution < 1.29 is 14.1 Å². The van der Waals surface area contributed by atoms with Crippen molar-refractivity contribution in [3.05, 3.63) is 65.9 Å². The Bertz CT molecular complexity index is 973. The number of nitrogens with zero attached hydrogens (tertiary/aromatic N) is 4. The summed E-state index contributed by atoms with van der Waals surface area (Å²) in [5, 5.41) is 3.98. The van der Waals surface area contributed by atoms with E-state index in [0.29, 0.717) is 18.8 Å². The van der Waals surface area contributed by atoms with Gasteiger partial charge in [-0.1, -0.05) is 35.5 Å². The van der Waals surface area contributed by atoms with E-state index >= 15 is 0 Å². The molecule has 2 atom stereocenters. The minimum absolute atomic E-state index is 0.0190. The Hall–Kier alpha value is -3.06. The van der Waals surface area contributed by atoms with Gasteiger partial charge in [0.05, 0.1) is 17.0 Å². The summed E-state index contributed by atoms with van der Waals surface area (Å²) in [7, 11) is 1.58. The summed E-state index contributed by atoms with van der Waals surface area (Å²) in [5.41, 5.74) is 3.39. The number of amides is 1. The smallest absolute Gasteiger partial charge is 0.256 e. The highest BCUT2D eigenvalue weighted by Crippen LogP contribution is 2.34. The molecule has 1 aliphatic rings. The maximum absolute atomic E-state index is 13.2. The number of methoxy groups -OCH3 is 1. The molecule has 3 aromatic rings. The maximum Gasteiger partial charge on any atom is 0.256 e. The average molecular weight is 392 g/mol. The number of hydrogen-bond acceptors (Lipinski definition) is 6. The number of aromatic nitrogens is 3. The van der Waals surface area contributed by atoms with Gasteiger partial charge in [0.25, 0.3) is 5.91 Å². The Balaban J connectivity index is 1.57. The Kier molecular flexibility index (Phi) is 5.67. The van der Waals surface area contributed by atoms with Crippen LogP contribution in [0.15, 0.2) is 53.4 Å². The SMILES string of the molecule is CO[C@H](C(=O)N1CCC[C@@H](c2ncncc2-c2cc(C)no2)C1)c1ccccc1. The Labute approximate surface area is 169 Å². The van der Waals surface area contributed by atoms with E-state index in [9.17, 15) is 4.79 Å². The summed E-state index contributed by atoms with van der Waals surface area (Å²) in [4.78, 5) is 23.8. The van der Waals surface area contributed by atoms with E-state index in [-0.39, 0.29) is 11.8 Å². The lowest BCUT2D eigenvalue weighted by molar-refractivity contribution is -0.143. The van der Waals surface area contributed by atoms with Gasteiger partial charge >= 0.3 is 0 Å². The molecule has 0 radical (unpaired) electrons. The summed E-state index contributed by atoms with van der Waals surface area (Å²) in [6, 6.07) is 11.5. The maximum atomic E-state index is 13.2. The lowest BCUT2D eigenvalue weighted by Crippen LogP contribution is -2.42. The van der Waals surface area contributed by atoms with Crippen LogP contribution in [0.2, 0.25) is 0 Å². The van der Waals surface area contributed by atoms with Crippen molar-refractivity contribution in [2.45, 2.75) is 31.8 Å². The van der Waals surface area contributed by atoms with Gasteiger partial charge in [-0.2, -0.15) is 0 Å². The topological polar surface area (TPSA) is 81.4 Å². The van der Waals surface area contributed by atoms with Gasteiger partial charge in [0.2, 0.25) is 0 Å². The first kappa shape index (κ1) is 19.3. The highest BCUT2D eigenvalue weighted by Gasteiger charge is 2.32. The summed E-state index contributed by atoms with van der Waals surface area (Å²) in [6.45, 7) is 3.18. The van der Waals surface area contributed by atoms with E-state index < -0.39 is 6.10 Å². The Morgan fingerprint density at radius 1 is 1.31 bits per heavy atom. The number of ether oxygens (including phenoxy) is 1. The van der Waals surface area contributed by atoms with E-state index in [0.717, 1.165) is 35.4 Å². The first-order valence-electron chi connectivity index (χ1n) is 9.77. The second-order valence-corrected chi connectivity index (χ2v) is 7.30. The van der Waals surface area contributed by atoms with Crippen molar-refractivity contribution in [2.75, 3.05) is 20.2 Å². The van der Waals surface area contributed by atoms with Gasteiger partial charge in [0.15, 0.2) is 11.9 Å². The zero-order valence-corrected chi connectivity index (χ0v) is 16.6. The molecule has 29 heavy (non-hydrogen) atoms. The highest BCUT2D eigenvalue weighted by atomic mass is 16.5. The molecule has 150 valence electrons. The molecule has 1 saturated heterocycles. The van der Waals surface area contributed by atoms with Gasteiger partial charge in [-0.15, -0.1) is 0 Å². The summed E-state index contributed by atoms with van der Waals surface area (Å²) >= 11 is 0. The number of hydrogen-bond donors (Lipinski definition) is 0. The van der Waals surface area contributed by atoms with Crippen molar-refractivity contribution >= 4 is 5.91 Å². The van der Waals surface area contributed by atoms with Gasteiger partial charge < -0.3 is 14.2 Å². The lowest BCUT2D eigenvalue weighted by Gasteiger charge is -2.34. The van der Waals surface area contributed by atoms with Crippen molar-refractivity contribution in [1.29, 1.82) is 0 Å². The zero-order chi connectivity index (χ0) is 20.2. The van der Waals surface area contributed by atoms with Crippen LogP contribution in [0, 0.1) is 6.92 Å². The molecule has 0 unspecified atom stereocenters. The van der Waals surface area contributed by atoms with Gasteiger partial charge in [-0.05, 0) is 25.3 Å². The van der Waals surface area contributed by atoms with E-state index in [1.165, 1.54) is 0 Å². The molecular formula is C22H24N4O3. The molecule has 0 saturated carbocycles. The van der Waals surface area contributed by atoms with Gasteiger partial charge in [0, 0.05) is 38.4 Å². The standard InChI is InChI=1S/C22H24N4O3/c1-15-11-19(29-25-15)18-12-23-14-24-20(18)17-9-6-10-26(13-17)22(27)21(28-2)16-7-4-3-5-8-16/h3-5,7-8,11-12,14,17,21H,6,9-10,13H2,1-2H3/t17-,21+/m1/s1. The summed E-state index contributed by atoms with van der Waals surface area (Å²) < 4.78 is 11.0. The van der Waals surface area contributed by atoms with E-state index in [2.05, 4.69) is 15.1 Å². The fourth-order valence-electron chi connectivity index (χ4n) is 3.92. The number of carbonyl (C=O) groups excluding carboxylic acids is 1. The number of rotatable bonds is 5. The largest absolute Gasteiger partial charge is 0.367 e. The molecule has 0 spiro atoms. The van der Waals surface area contributed by atoms with Crippen molar-refractivity contribution in [2.24, 2.45) is 0 Å². The van der Waals surface area contributed by atoms with Crippen LogP contribution in [0.1, 0.15) is 41.8 Å². The fourth-order valence-corrected chi connectivity index (χ4v) is 3.92. The second kappa shape index (κ2) is 8.53. The highest BCUT2D eigenvalue weighted by molar-refractivity contribution is 5.82. The predicted molar refractivity (Wildman–Crippen MR) is 107 cm³/mol. The third-order valence-electron chi connectivity index (χ3n) is 5.32. The van der Waals surface area contributed by atoms with Crippen molar-refractivity contribution in [3.63, 3.8) is 0 Å². The van der Waals surface area contributed by atoms with E-state index in [1.807, 2.05) is 48.2 Å². The zero-order valence-electron chi connectivity index (χ0n) is 16.6. The molecule has 1 aliphatic heterocycles. The van der Waals surface area contributed by atoms with Crippen LogP contribution < -0.4 is 0 Å². The minimum atomic E-state index is -0.600. The first-order chi connectivity index (χ1) is 14.2. The van der Waals surface area contributed by atoms with Crippen LogP contribution in [0.3, 0.4) is 0 Å².